The first-order valence-corrected chi connectivity index (χ1v) is 8.66. The van der Waals surface area contributed by atoms with Gasteiger partial charge in [0, 0.05) is 18.8 Å². The van der Waals surface area contributed by atoms with Crippen molar-refractivity contribution in [2.45, 2.75) is 15.2 Å². The SMILES string of the molecule is CSc1nnc(SCCNCc2ccccc2)s1. The topological polar surface area (TPSA) is 37.8 Å². The van der Waals surface area contributed by atoms with E-state index in [0.717, 1.165) is 27.5 Å². The van der Waals surface area contributed by atoms with Gasteiger partial charge in [-0.25, -0.2) is 0 Å². The van der Waals surface area contributed by atoms with Crippen LogP contribution in [-0.4, -0.2) is 28.8 Å². The second-order valence-corrected chi connectivity index (χ2v) is 6.92. The minimum Gasteiger partial charge on any atom is -0.312 e. The van der Waals surface area contributed by atoms with Crippen LogP contribution in [0, 0.1) is 0 Å². The predicted molar refractivity (Wildman–Crippen MR) is 80.6 cm³/mol. The van der Waals surface area contributed by atoms with Crippen molar-refractivity contribution in [2.75, 3.05) is 18.6 Å². The van der Waals surface area contributed by atoms with Crippen LogP contribution in [0.2, 0.25) is 0 Å². The Kier molecular flexibility index (Phi) is 5.99. The van der Waals surface area contributed by atoms with Crippen LogP contribution in [0.3, 0.4) is 0 Å². The molecule has 0 atom stereocenters. The second kappa shape index (κ2) is 7.78. The first-order chi connectivity index (χ1) is 8.88. The van der Waals surface area contributed by atoms with Crippen LogP contribution in [0.1, 0.15) is 5.56 Å². The maximum absolute atomic E-state index is 4.13. The Labute approximate surface area is 120 Å². The Balaban J connectivity index is 1.61. The van der Waals surface area contributed by atoms with Gasteiger partial charge in [-0.1, -0.05) is 65.2 Å². The van der Waals surface area contributed by atoms with Crippen molar-refractivity contribution in [2.24, 2.45) is 0 Å². The molecule has 0 saturated carbocycles. The lowest BCUT2D eigenvalue weighted by molar-refractivity contribution is 0.732. The van der Waals surface area contributed by atoms with Crippen molar-refractivity contribution >= 4 is 34.9 Å². The molecule has 0 fully saturated rings. The van der Waals surface area contributed by atoms with Gasteiger partial charge in [-0.2, -0.15) is 0 Å². The fourth-order valence-electron chi connectivity index (χ4n) is 1.38. The fraction of sp³-hybridized carbons (Fsp3) is 0.333. The summed E-state index contributed by atoms with van der Waals surface area (Å²) in [6, 6.07) is 10.4. The van der Waals surface area contributed by atoms with E-state index >= 15 is 0 Å². The summed E-state index contributed by atoms with van der Waals surface area (Å²) in [4.78, 5) is 0. The first kappa shape index (κ1) is 13.9. The van der Waals surface area contributed by atoms with Gasteiger partial charge in [0.05, 0.1) is 0 Å². The quantitative estimate of drug-likeness (QED) is 0.628. The fourth-order valence-corrected chi connectivity index (χ4v) is 3.78. The summed E-state index contributed by atoms with van der Waals surface area (Å²) in [5.41, 5.74) is 1.32. The van der Waals surface area contributed by atoms with Crippen molar-refractivity contribution in [1.29, 1.82) is 0 Å². The van der Waals surface area contributed by atoms with Gasteiger partial charge in [0.2, 0.25) is 0 Å². The van der Waals surface area contributed by atoms with E-state index in [1.54, 1.807) is 34.9 Å². The zero-order chi connectivity index (χ0) is 12.6. The summed E-state index contributed by atoms with van der Waals surface area (Å²) in [6.45, 7) is 1.90. The highest BCUT2D eigenvalue weighted by Crippen LogP contribution is 2.26. The van der Waals surface area contributed by atoms with Gasteiger partial charge in [-0.15, -0.1) is 10.2 Å². The minimum absolute atomic E-state index is 0.924. The van der Waals surface area contributed by atoms with Gasteiger partial charge in [0.15, 0.2) is 8.68 Å². The Morgan fingerprint density at radius 2 is 1.94 bits per heavy atom. The van der Waals surface area contributed by atoms with Gasteiger partial charge >= 0.3 is 0 Å². The average Bonchev–Trinajstić information content (AvgIpc) is 2.87. The molecule has 1 heterocycles. The van der Waals surface area contributed by atoms with Gasteiger partial charge in [-0.05, 0) is 11.8 Å². The van der Waals surface area contributed by atoms with Gasteiger partial charge in [0.1, 0.15) is 0 Å². The monoisotopic (exact) mass is 297 g/mol. The van der Waals surface area contributed by atoms with E-state index in [9.17, 15) is 0 Å². The summed E-state index contributed by atoms with van der Waals surface area (Å²) in [5, 5.41) is 11.6. The Morgan fingerprint density at radius 1 is 1.17 bits per heavy atom. The summed E-state index contributed by atoms with van der Waals surface area (Å²) in [7, 11) is 0. The lowest BCUT2D eigenvalue weighted by atomic mass is 10.2. The van der Waals surface area contributed by atoms with Crippen LogP contribution < -0.4 is 5.32 Å². The summed E-state index contributed by atoms with van der Waals surface area (Å²) >= 11 is 5.07. The lowest BCUT2D eigenvalue weighted by Crippen LogP contribution is -2.16. The highest BCUT2D eigenvalue weighted by molar-refractivity contribution is 8.02. The maximum atomic E-state index is 4.13. The molecule has 18 heavy (non-hydrogen) atoms. The van der Waals surface area contributed by atoms with Crippen LogP contribution in [0.25, 0.3) is 0 Å². The number of hydrogen-bond donors (Lipinski definition) is 1. The number of aromatic nitrogens is 2. The third-order valence-electron chi connectivity index (χ3n) is 2.24. The molecule has 0 radical (unpaired) electrons. The molecule has 0 aliphatic carbocycles. The molecule has 1 aromatic heterocycles. The molecule has 2 rings (SSSR count). The number of benzene rings is 1. The van der Waals surface area contributed by atoms with Gasteiger partial charge < -0.3 is 5.32 Å². The van der Waals surface area contributed by atoms with Crippen molar-refractivity contribution in [3.63, 3.8) is 0 Å². The number of thioether (sulfide) groups is 2. The molecule has 0 saturated heterocycles. The van der Waals surface area contributed by atoms with E-state index in [0.29, 0.717) is 0 Å². The minimum atomic E-state index is 0.924. The molecule has 96 valence electrons. The van der Waals surface area contributed by atoms with Crippen molar-refractivity contribution in [3.8, 4) is 0 Å². The third kappa shape index (κ3) is 4.61. The van der Waals surface area contributed by atoms with E-state index in [-0.39, 0.29) is 0 Å². The highest BCUT2D eigenvalue weighted by atomic mass is 32.2. The van der Waals surface area contributed by atoms with Crippen LogP contribution in [-0.2, 0) is 6.54 Å². The van der Waals surface area contributed by atoms with Crippen LogP contribution in [0.4, 0.5) is 0 Å². The van der Waals surface area contributed by atoms with Crippen LogP contribution in [0.5, 0.6) is 0 Å². The van der Waals surface area contributed by atoms with E-state index in [2.05, 4.69) is 39.8 Å². The van der Waals surface area contributed by atoms with Crippen molar-refractivity contribution < 1.29 is 0 Å². The highest BCUT2D eigenvalue weighted by Gasteiger charge is 2.02. The molecule has 6 heteroatoms. The Bertz CT molecular complexity index is 459. The molecule has 0 aliphatic heterocycles. The molecule has 1 aromatic carbocycles. The number of rotatable bonds is 7. The summed E-state index contributed by atoms with van der Waals surface area (Å²) < 4.78 is 2.09. The first-order valence-electron chi connectivity index (χ1n) is 5.63. The molecule has 0 amide bonds. The largest absolute Gasteiger partial charge is 0.312 e. The lowest BCUT2D eigenvalue weighted by Gasteiger charge is -2.03. The van der Waals surface area contributed by atoms with Crippen LogP contribution in [0.15, 0.2) is 39.0 Å². The number of nitrogens with one attached hydrogen (secondary N) is 1. The van der Waals surface area contributed by atoms with E-state index in [1.165, 1.54) is 5.56 Å². The molecule has 0 bridgehead atoms. The molecule has 3 nitrogen and oxygen atoms in total. The molecule has 0 aliphatic rings. The van der Waals surface area contributed by atoms with Gasteiger partial charge in [0.25, 0.3) is 0 Å². The van der Waals surface area contributed by atoms with Crippen LogP contribution >= 0.6 is 34.9 Å². The molecular weight excluding hydrogens is 282 g/mol. The number of nitrogens with zero attached hydrogens (tertiary/aromatic N) is 2. The summed E-state index contributed by atoms with van der Waals surface area (Å²) in [6.07, 6.45) is 2.02. The average molecular weight is 297 g/mol. The maximum Gasteiger partial charge on any atom is 0.175 e. The zero-order valence-corrected chi connectivity index (χ0v) is 12.6. The normalized spacial score (nSPS) is 10.7. The molecule has 0 unspecified atom stereocenters. The Morgan fingerprint density at radius 3 is 2.67 bits per heavy atom. The molecule has 2 aromatic rings. The van der Waals surface area contributed by atoms with Crippen molar-refractivity contribution in [1.82, 2.24) is 15.5 Å². The smallest absolute Gasteiger partial charge is 0.175 e. The summed E-state index contributed by atoms with van der Waals surface area (Å²) in [5.74, 6) is 1.02. The second-order valence-electron chi connectivity index (χ2n) is 3.55. The predicted octanol–water partition coefficient (Wildman–Crippen LogP) is 3.14. The van der Waals surface area contributed by atoms with E-state index < -0.39 is 0 Å². The van der Waals surface area contributed by atoms with E-state index in [1.807, 2.05) is 12.3 Å². The zero-order valence-electron chi connectivity index (χ0n) is 10.1. The molecular formula is C12H15N3S3. The molecule has 0 spiro atoms. The molecule has 1 N–H and O–H groups in total. The standard InChI is InChI=1S/C12H15N3S3/c1-16-11-14-15-12(18-11)17-8-7-13-9-10-5-3-2-4-6-10/h2-6,13H,7-9H2,1H3. The van der Waals surface area contributed by atoms with Crippen molar-refractivity contribution in [3.05, 3.63) is 35.9 Å². The van der Waals surface area contributed by atoms with E-state index in [4.69, 9.17) is 0 Å². The third-order valence-corrected chi connectivity index (χ3v) is 5.27. The number of hydrogen-bond acceptors (Lipinski definition) is 6. The Hall–Kier alpha value is -0.560. The van der Waals surface area contributed by atoms with Gasteiger partial charge in [-0.3, -0.25) is 0 Å².